The fourth-order valence-electron chi connectivity index (χ4n) is 2.59. The summed E-state index contributed by atoms with van der Waals surface area (Å²) >= 11 is 1.79. The minimum atomic E-state index is 0.130. The number of rotatable bonds is 4. The van der Waals surface area contributed by atoms with Crippen LogP contribution in [0.2, 0.25) is 0 Å². The second-order valence-electron chi connectivity index (χ2n) is 5.01. The molecule has 0 bridgehead atoms. The van der Waals surface area contributed by atoms with E-state index in [4.69, 9.17) is 5.73 Å². The maximum Gasteiger partial charge on any atom is 0.254 e. The molecule has 2 rings (SSSR count). The van der Waals surface area contributed by atoms with Crippen LogP contribution in [-0.4, -0.2) is 36.2 Å². The number of piperidine rings is 1. The Balaban J connectivity index is 2.09. The van der Waals surface area contributed by atoms with Gasteiger partial charge in [-0.05, 0) is 43.2 Å². The molecule has 0 spiro atoms. The van der Waals surface area contributed by atoms with Gasteiger partial charge in [-0.1, -0.05) is 12.1 Å². The van der Waals surface area contributed by atoms with Crippen molar-refractivity contribution in [3.05, 3.63) is 35.4 Å². The highest BCUT2D eigenvalue weighted by Crippen LogP contribution is 2.19. The zero-order valence-corrected chi connectivity index (χ0v) is 12.3. The van der Waals surface area contributed by atoms with Crippen LogP contribution in [-0.2, 0) is 5.75 Å². The molecule has 1 aliphatic heterocycles. The Kier molecular flexibility index (Phi) is 5.28. The molecule has 104 valence electrons. The lowest BCUT2D eigenvalue weighted by Crippen LogP contribution is -2.47. The van der Waals surface area contributed by atoms with Gasteiger partial charge in [0, 0.05) is 30.4 Å². The van der Waals surface area contributed by atoms with Crippen molar-refractivity contribution >= 4 is 17.7 Å². The molecule has 19 heavy (non-hydrogen) atoms. The lowest BCUT2D eigenvalue weighted by atomic mass is 10.0. The minimum absolute atomic E-state index is 0.130. The maximum atomic E-state index is 12.5. The Morgan fingerprint density at radius 1 is 1.37 bits per heavy atom. The van der Waals surface area contributed by atoms with E-state index in [0.717, 1.165) is 30.7 Å². The molecule has 0 aliphatic carbocycles. The maximum absolute atomic E-state index is 12.5. The Labute approximate surface area is 119 Å². The number of thioether (sulfide) groups is 1. The van der Waals surface area contributed by atoms with Gasteiger partial charge >= 0.3 is 0 Å². The van der Waals surface area contributed by atoms with Crippen LogP contribution in [0.15, 0.2) is 24.3 Å². The molecule has 1 saturated heterocycles. The summed E-state index contributed by atoms with van der Waals surface area (Å²) in [5, 5.41) is 0. The quantitative estimate of drug-likeness (QED) is 0.920. The molecule has 0 radical (unpaired) electrons. The Bertz CT molecular complexity index is 419. The van der Waals surface area contributed by atoms with Crippen molar-refractivity contribution in [3.63, 3.8) is 0 Å². The van der Waals surface area contributed by atoms with E-state index in [-0.39, 0.29) is 11.9 Å². The van der Waals surface area contributed by atoms with Gasteiger partial charge in [-0.25, -0.2) is 0 Å². The minimum Gasteiger partial charge on any atom is -0.334 e. The molecular formula is C15H22N2OS. The van der Waals surface area contributed by atoms with E-state index in [2.05, 4.69) is 6.26 Å². The molecule has 1 atom stereocenters. The highest BCUT2D eigenvalue weighted by molar-refractivity contribution is 7.97. The Morgan fingerprint density at radius 2 is 2.11 bits per heavy atom. The summed E-state index contributed by atoms with van der Waals surface area (Å²) in [5.74, 6) is 1.12. The van der Waals surface area contributed by atoms with E-state index in [1.165, 1.54) is 12.0 Å². The number of hydrogen-bond donors (Lipinski definition) is 1. The van der Waals surface area contributed by atoms with Gasteiger partial charge < -0.3 is 10.6 Å². The number of nitrogens with zero attached hydrogens (tertiary/aromatic N) is 1. The number of likely N-dealkylation sites (tertiary alicyclic amines) is 1. The van der Waals surface area contributed by atoms with Gasteiger partial charge in [0.15, 0.2) is 0 Å². The first kappa shape index (κ1) is 14.4. The standard InChI is InChI=1S/C15H22N2OS/c1-19-11-12-5-7-13(8-6-12)15(18)17-9-3-2-4-14(17)10-16/h5-8,14H,2-4,9-11,16H2,1H3/t14-/m0/s1. The van der Waals surface area contributed by atoms with Crippen LogP contribution in [0, 0.1) is 0 Å². The van der Waals surface area contributed by atoms with E-state index < -0.39 is 0 Å². The molecule has 1 heterocycles. The highest BCUT2D eigenvalue weighted by atomic mass is 32.2. The third-order valence-corrected chi connectivity index (χ3v) is 4.29. The van der Waals surface area contributed by atoms with Crippen molar-refractivity contribution in [2.75, 3.05) is 19.3 Å². The molecule has 0 unspecified atom stereocenters. The lowest BCUT2D eigenvalue weighted by Gasteiger charge is -2.35. The third-order valence-electron chi connectivity index (χ3n) is 3.67. The predicted molar refractivity (Wildman–Crippen MR) is 81.4 cm³/mol. The number of benzene rings is 1. The molecule has 0 aromatic heterocycles. The average molecular weight is 278 g/mol. The summed E-state index contributed by atoms with van der Waals surface area (Å²) in [7, 11) is 0. The van der Waals surface area contributed by atoms with Crippen LogP contribution >= 0.6 is 11.8 Å². The molecule has 3 nitrogen and oxygen atoms in total. The zero-order valence-electron chi connectivity index (χ0n) is 11.5. The number of hydrogen-bond acceptors (Lipinski definition) is 3. The number of amides is 1. The number of carbonyl (C=O) groups is 1. The number of carbonyl (C=O) groups excluding carboxylic acids is 1. The number of nitrogens with two attached hydrogens (primary N) is 1. The van der Waals surface area contributed by atoms with Crippen LogP contribution in [0.1, 0.15) is 35.2 Å². The first-order valence-corrected chi connectivity index (χ1v) is 8.24. The van der Waals surface area contributed by atoms with E-state index in [1.807, 2.05) is 29.2 Å². The lowest BCUT2D eigenvalue weighted by molar-refractivity contribution is 0.0623. The van der Waals surface area contributed by atoms with Crippen LogP contribution in [0.4, 0.5) is 0 Å². The van der Waals surface area contributed by atoms with E-state index >= 15 is 0 Å². The van der Waals surface area contributed by atoms with E-state index in [0.29, 0.717) is 6.54 Å². The van der Waals surface area contributed by atoms with Crippen molar-refractivity contribution in [2.24, 2.45) is 5.73 Å². The summed E-state index contributed by atoms with van der Waals surface area (Å²) in [5.41, 5.74) is 7.82. The van der Waals surface area contributed by atoms with Crippen LogP contribution in [0.5, 0.6) is 0 Å². The van der Waals surface area contributed by atoms with Gasteiger partial charge in [-0.2, -0.15) is 11.8 Å². The molecular weight excluding hydrogens is 256 g/mol. The van der Waals surface area contributed by atoms with Crippen molar-refractivity contribution in [1.29, 1.82) is 0 Å². The molecule has 1 aromatic carbocycles. The predicted octanol–water partition coefficient (Wildman–Crippen LogP) is 2.50. The second-order valence-corrected chi connectivity index (χ2v) is 5.88. The third kappa shape index (κ3) is 3.51. The average Bonchev–Trinajstić information content (AvgIpc) is 2.47. The summed E-state index contributed by atoms with van der Waals surface area (Å²) < 4.78 is 0. The molecule has 0 saturated carbocycles. The van der Waals surface area contributed by atoms with Crippen molar-refractivity contribution in [3.8, 4) is 0 Å². The van der Waals surface area contributed by atoms with Gasteiger partial charge in [-0.15, -0.1) is 0 Å². The topological polar surface area (TPSA) is 46.3 Å². The van der Waals surface area contributed by atoms with Gasteiger partial charge in [0.1, 0.15) is 0 Å². The SMILES string of the molecule is CSCc1ccc(C(=O)N2CCCC[C@H]2CN)cc1. The second kappa shape index (κ2) is 6.96. The van der Waals surface area contributed by atoms with Gasteiger partial charge in [0.25, 0.3) is 5.91 Å². The first-order chi connectivity index (χ1) is 9.26. The molecule has 1 fully saturated rings. The van der Waals surface area contributed by atoms with Crippen LogP contribution in [0.25, 0.3) is 0 Å². The van der Waals surface area contributed by atoms with Gasteiger partial charge in [0.2, 0.25) is 0 Å². The smallest absolute Gasteiger partial charge is 0.254 e. The highest BCUT2D eigenvalue weighted by Gasteiger charge is 2.26. The largest absolute Gasteiger partial charge is 0.334 e. The fourth-order valence-corrected chi connectivity index (χ4v) is 3.11. The molecule has 2 N–H and O–H groups in total. The summed E-state index contributed by atoms with van der Waals surface area (Å²) in [6.07, 6.45) is 5.39. The van der Waals surface area contributed by atoms with Gasteiger partial charge in [-0.3, -0.25) is 4.79 Å². The Morgan fingerprint density at radius 3 is 2.74 bits per heavy atom. The Hall–Kier alpha value is -1.00. The molecule has 4 heteroatoms. The first-order valence-electron chi connectivity index (χ1n) is 6.85. The summed E-state index contributed by atoms with van der Waals surface area (Å²) in [4.78, 5) is 14.5. The molecule has 1 aromatic rings. The van der Waals surface area contributed by atoms with E-state index in [9.17, 15) is 4.79 Å². The summed E-state index contributed by atoms with van der Waals surface area (Å²) in [6, 6.07) is 8.19. The normalized spacial score (nSPS) is 19.5. The fraction of sp³-hybridized carbons (Fsp3) is 0.533. The van der Waals surface area contributed by atoms with Crippen LogP contribution in [0.3, 0.4) is 0 Å². The van der Waals surface area contributed by atoms with Gasteiger partial charge in [0.05, 0.1) is 0 Å². The molecule has 1 aliphatic rings. The molecule has 1 amide bonds. The monoisotopic (exact) mass is 278 g/mol. The van der Waals surface area contributed by atoms with Crippen LogP contribution < -0.4 is 5.73 Å². The van der Waals surface area contributed by atoms with E-state index in [1.54, 1.807) is 11.8 Å². The van der Waals surface area contributed by atoms with Crippen molar-refractivity contribution in [1.82, 2.24) is 4.90 Å². The van der Waals surface area contributed by atoms with Crippen molar-refractivity contribution in [2.45, 2.75) is 31.1 Å². The zero-order chi connectivity index (χ0) is 13.7. The summed E-state index contributed by atoms with van der Waals surface area (Å²) in [6.45, 7) is 1.41. The van der Waals surface area contributed by atoms with Crippen molar-refractivity contribution < 1.29 is 4.79 Å².